The van der Waals surface area contributed by atoms with Gasteiger partial charge in [-0.3, -0.25) is 9.59 Å². The van der Waals surface area contributed by atoms with Gasteiger partial charge in [0.1, 0.15) is 5.82 Å². The van der Waals surface area contributed by atoms with Gasteiger partial charge in [-0.15, -0.1) is 0 Å². The van der Waals surface area contributed by atoms with E-state index in [-0.39, 0.29) is 17.3 Å². The van der Waals surface area contributed by atoms with Crippen LogP contribution in [0.15, 0.2) is 47.4 Å². The van der Waals surface area contributed by atoms with Crippen LogP contribution in [0.5, 0.6) is 0 Å². The molecule has 0 bridgehead atoms. The lowest BCUT2D eigenvalue weighted by Gasteiger charge is -2.36. The monoisotopic (exact) mass is 301 g/mol. The largest absolute Gasteiger partial charge is 0.366 e. The van der Waals surface area contributed by atoms with Crippen molar-refractivity contribution in [2.75, 3.05) is 31.1 Å². The fourth-order valence-corrected chi connectivity index (χ4v) is 2.58. The molecular weight excluding hydrogens is 285 g/mol. The number of pyridine rings is 1. The summed E-state index contributed by atoms with van der Waals surface area (Å²) in [4.78, 5) is 29.5. The van der Waals surface area contributed by atoms with Crippen molar-refractivity contribution in [3.8, 4) is 0 Å². The fraction of sp³-hybridized carbons (Fsp3) is 0.250. The third-order valence-electron chi connectivity index (χ3n) is 3.79. The van der Waals surface area contributed by atoms with Gasteiger partial charge in [0.25, 0.3) is 5.91 Å². The summed E-state index contributed by atoms with van der Waals surface area (Å²) < 4.78 is 13.8. The first-order valence-electron chi connectivity index (χ1n) is 7.12. The van der Waals surface area contributed by atoms with E-state index in [2.05, 4.69) is 4.98 Å². The zero-order valence-corrected chi connectivity index (χ0v) is 12.0. The average molecular weight is 301 g/mol. The van der Waals surface area contributed by atoms with Crippen molar-refractivity contribution in [1.82, 2.24) is 9.88 Å². The van der Waals surface area contributed by atoms with Crippen LogP contribution in [0.3, 0.4) is 0 Å². The molecule has 3 rings (SSSR count). The quantitative estimate of drug-likeness (QED) is 0.914. The highest BCUT2D eigenvalue weighted by Gasteiger charge is 2.23. The number of aromatic amines is 1. The third-order valence-corrected chi connectivity index (χ3v) is 3.79. The molecule has 0 radical (unpaired) electrons. The maximum atomic E-state index is 13.8. The summed E-state index contributed by atoms with van der Waals surface area (Å²) in [7, 11) is 0. The summed E-state index contributed by atoms with van der Waals surface area (Å²) in [5.74, 6) is -0.368. The van der Waals surface area contributed by atoms with Gasteiger partial charge >= 0.3 is 0 Å². The number of amides is 1. The highest BCUT2D eigenvalue weighted by Crippen LogP contribution is 2.20. The summed E-state index contributed by atoms with van der Waals surface area (Å²) in [5.41, 5.74) is 0.790. The maximum Gasteiger partial charge on any atom is 0.255 e. The molecule has 22 heavy (non-hydrogen) atoms. The fourth-order valence-electron chi connectivity index (χ4n) is 2.58. The number of halogens is 1. The zero-order valence-electron chi connectivity index (χ0n) is 12.0. The van der Waals surface area contributed by atoms with E-state index in [4.69, 9.17) is 0 Å². The Hall–Kier alpha value is -2.63. The van der Waals surface area contributed by atoms with E-state index in [0.717, 1.165) is 0 Å². The number of anilines is 1. The van der Waals surface area contributed by atoms with E-state index in [1.807, 2.05) is 4.90 Å². The molecule has 6 heteroatoms. The van der Waals surface area contributed by atoms with E-state index < -0.39 is 0 Å². The number of carbonyl (C=O) groups is 1. The minimum atomic E-state index is -0.247. The SMILES string of the molecule is O=C(c1ccc(=O)[nH]c1)N1CCN(c2ccccc2F)CC1. The standard InChI is InChI=1S/C16H16FN3O2/c17-13-3-1-2-4-14(13)19-7-9-20(10-8-19)16(22)12-5-6-15(21)18-11-12/h1-6,11H,7-10H2,(H,18,21). The van der Waals surface area contributed by atoms with Gasteiger partial charge in [-0.1, -0.05) is 12.1 Å². The molecule has 2 aromatic rings. The normalized spacial score (nSPS) is 15.0. The molecular formula is C16H16FN3O2. The molecule has 1 saturated heterocycles. The molecule has 0 saturated carbocycles. The van der Waals surface area contributed by atoms with Crippen molar-refractivity contribution in [3.63, 3.8) is 0 Å². The molecule has 2 heterocycles. The Balaban J connectivity index is 1.67. The summed E-state index contributed by atoms with van der Waals surface area (Å²) in [6.07, 6.45) is 1.42. The van der Waals surface area contributed by atoms with E-state index in [1.165, 1.54) is 24.4 Å². The Morgan fingerprint density at radius 1 is 1.05 bits per heavy atom. The second kappa shape index (κ2) is 6.01. The number of benzene rings is 1. The Bertz CT molecular complexity index is 716. The first kappa shape index (κ1) is 14.3. The van der Waals surface area contributed by atoms with Crippen LogP contribution in [-0.4, -0.2) is 42.0 Å². The molecule has 1 aromatic heterocycles. The predicted octanol–water partition coefficient (Wildman–Crippen LogP) is 1.48. The molecule has 1 aromatic carbocycles. The number of nitrogens with zero attached hydrogens (tertiary/aromatic N) is 2. The van der Waals surface area contributed by atoms with Gasteiger partial charge in [0.2, 0.25) is 5.56 Å². The molecule has 0 atom stereocenters. The van der Waals surface area contributed by atoms with Crippen LogP contribution >= 0.6 is 0 Å². The Morgan fingerprint density at radius 3 is 2.41 bits per heavy atom. The number of para-hydroxylation sites is 1. The molecule has 5 nitrogen and oxygen atoms in total. The van der Waals surface area contributed by atoms with Gasteiger partial charge in [-0.25, -0.2) is 4.39 Å². The van der Waals surface area contributed by atoms with Crippen LogP contribution < -0.4 is 10.5 Å². The second-order valence-electron chi connectivity index (χ2n) is 5.17. The molecule has 114 valence electrons. The molecule has 1 N–H and O–H groups in total. The molecule has 1 fully saturated rings. The van der Waals surface area contributed by atoms with Crippen molar-refractivity contribution in [2.45, 2.75) is 0 Å². The Labute approximate surface area is 127 Å². The molecule has 0 aliphatic carbocycles. The number of aromatic nitrogens is 1. The summed E-state index contributed by atoms with van der Waals surface area (Å²) in [6, 6.07) is 9.50. The zero-order chi connectivity index (χ0) is 15.5. The predicted molar refractivity (Wildman–Crippen MR) is 81.6 cm³/mol. The Kier molecular flexibility index (Phi) is 3.91. The van der Waals surface area contributed by atoms with E-state index >= 15 is 0 Å². The lowest BCUT2D eigenvalue weighted by molar-refractivity contribution is 0.0746. The molecule has 1 amide bonds. The van der Waals surface area contributed by atoms with Crippen LogP contribution in [0.1, 0.15) is 10.4 Å². The van der Waals surface area contributed by atoms with Gasteiger partial charge in [-0.05, 0) is 18.2 Å². The van der Waals surface area contributed by atoms with E-state index in [0.29, 0.717) is 37.4 Å². The van der Waals surface area contributed by atoms with Crippen LogP contribution in [0.4, 0.5) is 10.1 Å². The van der Waals surface area contributed by atoms with E-state index in [9.17, 15) is 14.0 Å². The van der Waals surface area contributed by atoms with Crippen molar-refractivity contribution >= 4 is 11.6 Å². The van der Waals surface area contributed by atoms with Crippen molar-refractivity contribution in [3.05, 3.63) is 64.3 Å². The number of nitrogens with one attached hydrogen (secondary N) is 1. The van der Waals surface area contributed by atoms with E-state index in [1.54, 1.807) is 23.1 Å². The van der Waals surface area contributed by atoms with Crippen molar-refractivity contribution in [2.24, 2.45) is 0 Å². The smallest absolute Gasteiger partial charge is 0.255 e. The lowest BCUT2D eigenvalue weighted by Crippen LogP contribution is -2.49. The highest BCUT2D eigenvalue weighted by molar-refractivity contribution is 5.94. The summed E-state index contributed by atoms with van der Waals surface area (Å²) in [5, 5.41) is 0. The number of hydrogen-bond donors (Lipinski definition) is 1. The molecule has 1 aliphatic rings. The van der Waals surface area contributed by atoms with Crippen LogP contribution in [0.25, 0.3) is 0 Å². The minimum Gasteiger partial charge on any atom is -0.366 e. The first-order valence-corrected chi connectivity index (χ1v) is 7.12. The van der Waals surface area contributed by atoms with Crippen LogP contribution in [0.2, 0.25) is 0 Å². The van der Waals surface area contributed by atoms with Crippen LogP contribution in [-0.2, 0) is 0 Å². The average Bonchev–Trinajstić information content (AvgIpc) is 2.56. The molecule has 0 unspecified atom stereocenters. The number of carbonyl (C=O) groups excluding carboxylic acids is 1. The van der Waals surface area contributed by atoms with Gasteiger partial charge < -0.3 is 14.8 Å². The summed E-state index contributed by atoms with van der Waals surface area (Å²) >= 11 is 0. The number of piperazine rings is 1. The molecule has 1 aliphatic heterocycles. The Morgan fingerprint density at radius 2 is 1.77 bits per heavy atom. The van der Waals surface area contributed by atoms with Gasteiger partial charge in [-0.2, -0.15) is 0 Å². The third kappa shape index (κ3) is 2.86. The second-order valence-corrected chi connectivity index (χ2v) is 5.17. The molecule has 0 spiro atoms. The topological polar surface area (TPSA) is 56.4 Å². The van der Waals surface area contributed by atoms with Gasteiger partial charge in [0, 0.05) is 38.4 Å². The maximum absolute atomic E-state index is 13.8. The number of hydrogen-bond acceptors (Lipinski definition) is 3. The van der Waals surface area contributed by atoms with Crippen LogP contribution in [0, 0.1) is 5.82 Å². The van der Waals surface area contributed by atoms with Crippen molar-refractivity contribution < 1.29 is 9.18 Å². The first-order chi connectivity index (χ1) is 10.6. The summed E-state index contributed by atoms with van der Waals surface area (Å²) in [6.45, 7) is 2.20. The number of H-pyrrole nitrogens is 1. The van der Waals surface area contributed by atoms with Gasteiger partial charge in [0.15, 0.2) is 0 Å². The highest BCUT2D eigenvalue weighted by atomic mass is 19.1. The van der Waals surface area contributed by atoms with Crippen molar-refractivity contribution in [1.29, 1.82) is 0 Å². The minimum absolute atomic E-state index is 0.121. The van der Waals surface area contributed by atoms with Gasteiger partial charge in [0.05, 0.1) is 11.3 Å². The number of rotatable bonds is 2. The lowest BCUT2D eigenvalue weighted by atomic mass is 10.2.